The van der Waals surface area contributed by atoms with E-state index in [-0.39, 0.29) is 29.7 Å². The maximum atomic E-state index is 13.4. The number of sulfonamides is 1. The molecule has 0 atom stereocenters. The third kappa shape index (κ3) is 5.04. The maximum absolute atomic E-state index is 13.4. The third-order valence-corrected chi connectivity index (χ3v) is 4.45. The molecule has 0 saturated carbocycles. The van der Waals surface area contributed by atoms with E-state index in [0.29, 0.717) is 5.69 Å². The molecular formula is C16H17FN2O4S. The SMILES string of the molecule is CC(=O)Nc1ccc(S(=O)(=O)NCCOc2ccccc2F)cc1. The Kier molecular flexibility index (Phi) is 5.88. The molecule has 2 N–H and O–H groups in total. The molecule has 24 heavy (non-hydrogen) atoms. The zero-order valence-electron chi connectivity index (χ0n) is 13.0. The van der Waals surface area contributed by atoms with Gasteiger partial charge in [0.25, 0.3) is 0 Å². The number of rotatable bonds is 7. The number of hydrogen-bond donors (Lipinski definition) is 2. The Labute approximate surface area is 139 Å². The van der Waals surface area contributed by atoms with Gasteiger partial charge < -0.3 is 10.1 Å². The molecule has 2 rings (SSSR count). The Morgan fingerprint density at radius 1 is 1.12 bits per heavy atom. The number of nitrogens with one attached hydrogen (secondary N) is 2. The van der Waals surface area contributed by atoms with E-state index in [1.165, 1.54) is 49.4 Å². The van der Waals surface area contributed by atoms with Crippen LogP contribution in [0.2, 0.25) is 0 Å². The number of para-hydroxylation sites is 1. The second-order valence-corrected chi connectivity index (χ2v) is 6.65. The van der Waals surface area contributed by atoms with Gasteiger partial charge in [-0.05, 0) is 36.4 Å². The van der Waals surface area contributed by atoms with E-state index >= 15 is 0 Å². The van der Waals surface area contributed by atoms with Crippen molar-refractivity contribution in [3.8, 4) is 5.75 Å². The second kappa shape index (κ2) is 7.89. The molecule has 0 saturated heterocycles. The van der Waals surface area contributed by atoms with E-state index < -0.39 is 15.8 Å². The summed E-state index contributed by atoms with van der Waals surface area (Å²) in [6.45, 7) is 1.34. The predicted octanol–water partition coefficient (Wildman–Crippen LogP) is 2.14. The fourth-order valence-corrected chi connectivity index (χ4v) is 2.92. The average Bonchev–Trinajstić information content (AvgIpc) is 2.53. The van der Waals surface area contributed by atoms with Crippen molar-refractivity contribution in [1.82, 2.24) is 4.72 Å². The molecule has 0 radical (unpaired) electrons. The average molecular weight is 352 g/mol. The van der Waals surface area contributed by atoms with E-state index in [0.717, 1.165) is 0 Å². The van der Waals surface area contributed by atoms with Crippen molar-refractivity contribution in [2.45, 2.75) is 11.8 Å². The zero-order valence-corrected chi connectivity index (χ0v) is 13.8. The molecule has 0 bridgehead atoms. The normalized spacial score (nSPS) is 11.1. The van der Waals surface area contributed by atoms with E-state index in [1.54, 1.807) is 6.07 Å². The van der Waals surface area contributed by atoms with Crippen molar-refractivity contribution >= 4 is 21.6 Å². The van der Waals surface area contributed by atoms with Crippen LogP contribution in [0.3, 0.4) is 0 Å². The lowest BCUT2D eigenvalue weighted by molar-refractivity contribution is -0.114. The minimum absolute atomic E-state index is 0.00978. The van der Waals surface area contributed by atoms with Crippen molar-refractivity contribution in [1.29, 1.82) is 0 Å². The Morgan fingerprint density at radius 3 is 2.42 bits per heavy atom. The number of hydrogen-bond acceptors (Lipinski definition) is 4. The summed E-state index contributed by atoms with van der Waals surface area (Å²) in [6.07, 6.45) is 0. The minimum Gasteiger partial charge on any atom is -0.489 e. The predicted molar refractivity (Wildman–Crippen MR) is 87.8 cm³/mol. The first-order chi connectivity index (χ1) is 11.4. The molecule has 6 nitrogen and oxygen atoms in total. The van der Waals surface area contributed by atoms with Crippen LogP contribution in [0.5, 0.6) is 5.75 Å². The van der Waals surface area contributed by atoms with Crippen LogP contribution in [-0.4, -0.2) is 27.5 Å². The fraction of sp³-hybridized carbons (Fsp3) is 0.188. The number of benzene rings is 2. The fourth-order valence-electron chi connectivity index (χ4n) is 1.90. The van der Waals surface area contributed by atoms with Gasteiger partial charge in [0, 0.05) is 19.2 Å². The van der Waals surface area contributed by atoms with Gasteiger partial charge in [0.1, 0.15) is 6.61 Å². The molecule has 0 heterocycles. The Bertz CT molecular complexity index is 807. The van der Waals surface area contributed by atoms with Crippen molar-refractivity contribution in [3.05, 3.63) is 54.3 Å². The van der Waals surface area contributed by atoms with E-state index in [1.807, 2.05) is 0 Å². The first kappa shape index (κ1) is 17.9. The number of halogens is 1. The molecule has 0 aliphatic heterocycles. The standard InChI is InChI=1S/C16H17FN2O4S/c1-12(20)19-13-6-8-14(9-7-13)24(21,22)18-10-11-23-16-5-3-2-4-15(16)17/h2-9,18H,10-11H2,1H3,(H,19,20). The topological polar surface area (TPSA) is 84.5 Å². The summed E-state index contributed by atoms with van der Waals surface area (Å²) >= 11 is 0. The number of carbonyl (C=O) groups excluding carboxylic acids is 1. The molecule has 0 aliphatic rings. The van der Waals surface area contributed by atoms with Crippen LogP contribution >= 0.6 is 0 Å². The van der Waals surface area contributed by atoms with Crippen molar-refractivity contribution < 1.29 is 22.3 Å². The molecule has 1 amide bonds. The lowest BCUT2D eigenvalue weighted by atomic mass is 10.3. The summed E-state index contributed by atoms with van der Waals surface area (Å²) < 4.78 is 45.1. The van der Waals surface area contributed by atoms with Gasteiger partial charge in [-0.15, -0.1) is 0 Å². The third-order valence-electron chi connectivity index (χ3n) is 2.97. The smallest absolute Gasteiger partial charge is 0.240 e. The lowest BCUT2D eigenvalue weighted by Gasteiger charge is -2.09. The van der Waals surface area contributed by atoms with Crippen LogP contribution < -0.4 is 14.8 Å². The molecule has 0 aliphatic carbocycles. The Hall–Kier alpha value is -2.45. The Balaban J connectivity index is 1.89. The maximum Gasteiger partial charge on any atom is 0.240 e. The van der Waals surface area contributed by atoms with Gasteiger partial charge in [-0.2, -0.15) is 0 Å². The first-order valence-corrected chi connectivity index (χ1v) is 8.61. The Morgan fingerprint density at radius 2 is 1.79 bits per heavy atom. The van der Waals surface area contributed by atoms with Crippen molar-refractivity contribution in [2.75, 3.05) is 18.5 Å². The molecule has 2 aromatic rings. The lowest BCUT2D eigenvalue weighted by Crippen LogP contribution is -2.28. The molecular weight excluding hydrogens is 335 g/mol. The van der Waals surface area contributed by atoms with Crippen LogP contribution in [0.1, 0.15) is 6.92 Å². The zero-order chi connectivity index (χ0) is 17.6. The molecule has 128 valence electrons. The summed E-state index contributed by atoms with van der Waals surface area (Å²) in [5.41, 5.74) is 0.504. The molecule has 0 aromatic heterocycles. The molecule has 0 unspecified atom stereocenters. The van der Waals surface area contributed by atoms with Gasteiger partial charge in [0.15, 0.2) is 11.6 Å². The van der Waals surface area contributed by atoms with Crippen LogP contribution in [-0.2, 0) is 14.8 Å². The monoisotopic (exact) mass is 352 g/mol. The molecule has 0 fully saturated rings. The van der Waals surface area contributed by atoms with Crippen LogP contribution in [0, 0.1) is 5.82 Å². The van der Waals surface area contributed by atoms with Crippen molar-refractivity contribution in [2.24, 2.45) is 0 Å². The second-order valence-electron chi connectivity index (χ2n) is 4.88. The molecule has 8 heteroatoms. The van der Waals surface area contributed by atoms with E-state index in [9.17, 15) is 17.6 Å². The number of ether oxygens (including phenoxy) is 1. The van der Waals surface area contributed by atoms with E-state index in [4.69, 9.17) is 4.74 Å². The van der Waals surface area contributed by atoms with Gasteiger partial charge in [-0.25, -0.2) is 17.5 Å². The summed E-state index contributed by atoms with van der Waals surface area (Å²) in [6, 6.07) is 11.6. The van der Waals surface area contributed by atoms with Crippen LogP contribution in [0.25, 0.3) is 0 Å². The number of carbonyl (C=O) groups is 1. The highest BCUT2D eigenvalue weighted by Gasteiger charge is 2.13. The molecule has 2 aromatic carbocycles. The largest absolute Gasteiger partial charge is 0.489 e. The van der Waals surface area contributed by atoms with Gasteiger partial charge in [-0.1, -0.05) is 12.1 Å². The quantitative estimate of drug-likeness (QED) is 0.748. The summed E-state index contributed by atoms with van der Waals surface area (Å²) in [7, 11) is -3.71. The molecule has 0 spiro atoms. The van der Waals surface area contributed by atoms with Gasteiger partial charge >= 0.3 is 0 Å². The highest BCUT2D eigenvalue weighted by molar-refractivity contribution is 7.89. The van der Waals surface area contributed by atoms with Crippen LogP contribution in [0.4, 0.5) is 10.1 Å². The van der Waals surface area contributed by atoms with Crippen molar-refractivity contribution in [3.63, 3.8) is 0 Å². The van der Waals surface area contributed by atoms with Crippen LogP contribution in [0.15, 0.2) is 53.4 Å². The van der Waals surface area contributed by atoms with Gasteiger partial charge in [0.05, 0.1) is 4.90 Å². The van der Waals surface area contributed by atoms with Gasteiger partial charge in [0.2, 0.25) is 15.9 Å². The first-order valence-electron chi connectivity index (χ1n) is 7.13. The number of amides is 1. The highest BCUT2D eigenvalue weighted by Crippen LogP contribution is 2.16. The highest BCUT2D eigenvalue weighted by atomic mass is 32.2. The summed E-state index contributed by atoms with van der Waals surface area (Å²) in [4.78, 5) is 11.0. The van der Waals surface area contributed by atoms with Gasteiger partial charge in [-0.3, -0.25) is 4.79 Å². The van der Waals surface area contributed by atoms with E-state index in [2.05, 4.69) is 10.0 Å². The summed E-state index contributed by atoms with van der Waals surface area (Å²) in [5, 5.41) is 2.55. The minimum atomic E-state index is -3.71. The summed E-state index contributed by atoms with van der Waals surface area (Å²) in [5.74, 6) is -0.681. The number of anilines is 1.